The van der Waals surface area contributed by atoms with Crippen LogP contribution in [-0.2, 0) is 6.54 Å². The van der Waals surface area contributed by atoms with Crippen molar-refractivity contribution < 1.29 is 4.74 Å². The van der Waals surface area contributed by atoms with Crippen LogP contribution in [0.25, 0.3) is 0 Å². The fourth-order valence-corrected chi connectivity index (χ4v) is 2.74. The standard InChI is InChI=1S/C15H24N2O/c1-3-13-6-4-5-7-14(13)18-15-9-8-12(10-16-2)11-17-15/h8-9,11,13-14,16H,3-7,10H2,1-2H3. The van der Waals surface area contributed by atoms with Gasteiger partial charge in [-0.25, -0.2) is 4.98 Å². The maximum atomic E-state index is 6.06. The van der Waals surface area contributed by atoms with E-state index in [1.54, 1.807) is 0 Å². The van der Waals surface area contributed by atoms with Gasteiger partial charge in [0.1, 0.15) is 6.10 Å². The minimum Gasteiger partial charge on any atom is -0.474 e. The second kappa shape index (κ2) is 6.74. The molecule has 1 aromatic rings. The molecule has 2 atom stereocenters. The third-order valence-electron chi connectivity index (χ3n) is 3.81. The third kappa shape index (κ3) is 3.45. The molecular formula is C15H24N2O. The Kier molecular flexibility index (Phi) is 5.00. The van der Waals surface area contributed by atoms with Gasteiger partial charge >= 0.3 is 0 Å². The van der Waals surface area contributed by atoms with Crippen LogP contribution in [0.5, 0.6) is 5.88 Å². The smallest absolute Gasteiger partial charge is 0.213 e. The van der Waals surface area contributed by atoms with Crippen molar-refractivity contribution in [1.82, 2.24) is 10.3 Å². The van der Waals surface area contributed by atoms with E-state index in [0.717, 1.165) is 12.4 Å². The van der Waals surface area contributed by atoms with E-state index < -0.39 is 0 Å². The van der Waals surface area contributed by atoms with Crippen molar-refractivity contribution in [3.8, 4) is 5.88 Å². The first kappa shape index (κ1) is 13.3. The predicted molar refractivity (Wildman–Crippen MR) is 73.7 cm³/mol. The van der Waals surface area contributed by atoms with Crippen LogP contribution in [0.1, 0.15) is 44.6 Å². The molecule has 0 amide bonds. The summed E-state index contributed by atoms with van der Waals surface area (Å²) in [6, 6.07) is 4.08. The highest BCUT2D eigenvalue weighted by Gasteiger charge is 2.25. The number of hydrogen-bond donors (Lipinski definition) is 1. The fourth-order valence-electron chi connectivity index (χ4n) is 2.74. The van der Waals surface area contributed by atoms with E-state index in [9.17, 15) is 0 Å². The van der Waals surface area contributed by atoms with Gasteiger partial charge in [0.05, 0.1) is 0 Å². The third-order valence-corrected chi connectivity index (χ3v) is 3.81. The molecule has 2 unspecified atom stereocenters. The van der Waals surface area contributed by atoms with E-state index in [0.29, 0.717) is 12.0 Å². The minimum absolute atomic E-state index is 0.367. The van der Waals surface area contributed by atoms with Gasteiger partial charge in [0.25, 0.3) is 0 Å². The summed E-state index contributed by atoms with van der Waals surface area (Å²) in [5.74, 6) is 1.48. The quantitative estimate of drug-likeness (QED) is 0.869. The van der Waals surface area contributed by atoms with E-state index in [2.05, 4.69) is 23.3 Å². The normalized spacial score (nSPS) is 23.9. The lowest BCUT2D eigenvalue weighted by Crippen LogP contribution is -2.30. The van der Waals surface area contributed by atoms with Gasteiger partial charge in [-0.15, -0.1) is 0 Å². The summed E-state index contributed by atoms with van der Waals surface area (Å²) in [5, 5.41) is 3.12. The van der Waals surface area contributed by atoms with Crippen LogP contribution < -0.4 is 10.1 Å². The summed E-state index contributed by atoms with van der Waals surface area (Å²) in [7, 11) is 1.94. The Hall–Kier alpha value is -1.09. The molecule has 18 heavy (non-hydrogen) atoms. The average Bonchev–Trinajstić information content (AvgIpc) is 2.42. The maximum absolute atomic E-state index is 6.06. The molecule has 1 aliphatic carbocycles. The van der Waals surface area contributed by atoms with Crippen molar-refractivity contribution in [3.05, 3.63) is 23.9 Å². The molecule has 2 rings (SSSR count). The first-order valence-corrected chi connectivity index (χ1v) is 7.09. The molecule has 1 aliphatic rings. The Morgan fingerprint density at radius 3 is 2.83 bits per heavy atom. The topological polar surface area (TPSA) is 34.1 Å². The molecule has 1 heterocycles. The molecular weight excluding hydrogens is 224 g/mol. The van der Waals surface area contributed by atoms with Gasteiger partial charge in [0.2, 0.25) is 5.88 Å². The summed E-state index contributed by atoms with van der Waals surface area (Å²) in [4.78, 5) is 4.40. The highest BCUT2D eigenvalue weighted by molar-refractivity contribution is 5.18. The van der Waals surface area contributed by atoms with Gasteiger partial charge in [0.15, 0.2) is 0 Å². The van der Waals surface area contributed by atoms with Gasteiger partial charge in [-0.05, 0) is 44.2 Å². The lowest BCUT2D eigenvalue weighted by molar-refractivity contribution is 0.0858. The highest BCUT2D eigenvalue weighted by Crippen LogP contribution is 2.29. The van der Waals surface area contributed by atoms with Crippen molar-refractivity contribution in [2.45, 2.75) is 51.7 Å². The van der Waals surface area contributed by atoms with Gasteiger partial charge in [-0.3, -0.25) is 0 Å². The fraction of sp³-hybridized carbons (Fsp3) is 0.667. The minimum atomic E-state index is 0.367. The van der Waals surface area contributed by atoms with Crippen LogP contribution in [-0.4, -0.2) is 18.1 Å². The largest absolute Gasteiger partial charge is 0.474 e. The number of rotatable bonds is 5. The van der Waals surface area contributed by atoms with E-state index in [1.165, 1.54) is 37.7 Å². The predicted octanol–water partition coefficient (Wildman–Crippen LogP) is 3.15. The zero-order valence-electron chi connectivity index (χ0n) is 11.5. The Morgan fingerprint density at radius 1 is 1.33 bits per heavy atom. The SMILES string of the molecule is CCC1CCCCC1Oc1ccc(CNC)cn1. The lowest BCUT2D eigenvalue weighted by atomic mass is 9.85. The molecule has 1 aromatic heterocycles. The summed E-state index contributed by atoms with van der Waals surface area (Å²) in [6.45, 7) is 3.12. The number of aromatic nitrogens is 1. The van der Waals surface area contributed by atoms with Crippen molar-refractivity contribution in [1.29, 1.82) is 0 Å². The molecule has 100 valence electrons. The molecule has 0 radical (unpaired) electrons. The number of ether oxygens (including phenoxy) is 1. The number of nitrogens with zero attached hydrogens (tertiary/aromatic N) is 1. The van der Waals surface area contributed by atoms with Gasteiger partial charge in [-0.2, -0.15) is 0 Å². The molecule has 1 fully saturated rings. The highest BCUT2D eigenvalue weighted by atomic mass is 16.5. The lowest BCUT2D eigenvalue weighted by Gasteiger charge is -2.30. The monoisotopic (exact) mass is 248 g/mol. The van der Waals surface area contributed by atoms with Crippen molar-refractivity contribution in [3.63, 3.8) is 0 Å². The summed E-state index contributed by atoms with van der Waals surface area (Å²) < 4.78 is 6.06. The molecule has 1 saturated carbocycles. The van der Waals surface area contributed by atoms with Gasteiger partial charge < -0.3 is 10.1 Å². The van der Waals surface area contributed by atoms with Crippen LogP contribution in [0.3, 0.4) is 0 Å². The van der Waals surface area contributed by atoms with Crippen LogP contribution in [0.4, 0.5) is 0 Å². The average molecular weight is 248 g/mol. The first-order chi connectivity index (χ1) is 8.83. The van der Waals surface area contributed by atoms with E-state index >= 15 is 0 Å². The van der Waals surface area contributed by atoms with Crippen LogP contribution in [0, 0.1) is 5.92 Å². The Bertz CT molecular complexity index is 350. The Morgan fingerprint density at radius 2 is 2.17 bits per heavy atom. The number of nitrogens with one attached hydrogen (secondary N) is 1. The van der Waals surface area contributed by atoms with E-state index in [1.807, 2.05) is 19.3 Å². The molecule has 1 N–H and O–H groups in total. The molecule has 3 nitrogen and oxygen atoms in total. The van der Waals surface area contributed by atoms with Crippen LogP contribution >= 0.6 is 0 Å². The second-order valence-electron chi connectivity index (χ2n) is 5.14. The van der Waals surface area contributed by atoms with E-state index in [-0.39, 0.29) is 0 Å². The molecule has 0 saturated heterocycles. The summed E-state index contributed by atoms with van der Waals surface area (Å²) in [6.07, 6.45) is 8.60. The van der Waals surface area contributed by atoms with Crippen molar-refractivity contribution >= 4 is 0 Å². The van der Waals surface area contributed by atoms with Gasteiger partial charge in [-0.1, -0.05) is 19.4 Å². The number of pyridine rings is 1. The summed E-state index contributed by atoms with van der Waals surface area (Å²) >= 11 is 0. The molecule has 0 aliphatic heterocycles. The molecule has 0 spiro atoms. The zero-order valence-corrected chi connectivity index (χ0v) is 11.5. The van der Waals surface area contributed by atoms with Crippen LogP contribution in [0.15, 0.2) is 18.3 Å². The molecule has 0 bridgehead atoms. The summed E-state index contributed by atoms with van der Waals surface area (Å²) in [5.41, 5.74) is 1.19. The first-order valence-electron chi connectivity index (χ1n) is 7.09. The zero-order chi connectivity index (χ0) is 12.8. The van der Waals surface area contributed by atoms with Gasteiger partial charge in [0, 0.05) is 18.8 Å². The van der Waals surface area contributed by atoms with Crippen molar-refractivity contribution in [2.24, 2.45) is 5.92 Å². The number of hydrogen-bond acceptors (Lipinski definition) is 3. The maximum Gasteiger partial charge on any atom is 0.213 e. The molecule has 3 heteroatoms. The van der Waals surface area contributed by atoms with Crippen LogP contribution in [0.2, 0.25) is 0 Å². The van der Waals surface area contributed by atoms with Crippen molar-refractivity contribution in [2.75, 3.05) is 7.05 Å². The molecule has 0 aromatic carbocycles. The van der Waals surface area contributed by atoms with E-state index in [4.69, 9.17) is 4.74 Å². The Labute approximate surface area is 110 Å². The second-order valence-corrected chi connectivity index (χ2v) is 5.14. The Balaban J connectivity index is 1.95.